The smallest absolute Gasteiger partial charge is 0.294 e. The first-order chi connectivity index (χ1) is 8.63. The van der Waals surface area contributed by atoms with Crippen molar-refractivity contribution in [1.29, 1.82) is 0 Å². The summed E-state index contributed by atoms with van der Waals surface area (Å²) < 4.78 is 1.40. The predicted molar refractivity (Wildman–Crippen MR) is 71.0 cm³/mol. The summed E-state index contributed by atoms with van der Waals surface area (Å²) in [7, 11) is 0. The first-order valence-corrected chi connectivity index (χ1v) is 6.34. The van der Waals surface area contributed by atoms with Crippen molar-refractivity contribution >= 4 is 23.3 Å². The van der Waals surface area contributed by atoms with E-state index < -0.39 is 4.92 Å². The van der Waals surface area contributed by atoms with Crippen molar-refractivity contribution in [3.05, 3.63) is 40.4 Å². The van der Waals surface area contributed by atoms with Crippen molar-refractivity contribution in [3.8, 4) is 5.69 Å². The van der Waals surface area contributed by atoms with Crippen LogP contribution in [0.2, 0.25) is 0 Å². The van der Waals surface area contributed by atoms with E-state index in [1.807, 2.05) is 6.92 Å². The number of thioether (sulfide) groups is 1. The number of nitro groups is 1. The van der Waals surface area contributed by atoms with Gasteiger partial charge in [0, 0.05) is 12.1 Å². The van der Waals surface area contributed by atoms with Gasteiger partial charge in [-0.25, -0.2) is 4.68 Å². The van der Waals surface area contributed by atoms with Crippen molar-refractivity contribution in [2.75, 3.05) is 11.5 Å². The van der Waals surface area contributed by atoms with E-state index in [1.165, 1.54) is 22.5 Å². The molecule has 1 heterocycles. The standard InChI is InChI=1S/C11H12N4O2S/c1-2-18-11-7-10(12)14(13-11)8-5-3-4-6-9(8)15(16)17/h3-7H,2,12H2,1H3. The Morgan fingerprint density at radius 3 is 2.89 bits per heavy atom. The quantitative estimate of drug-likeness (QED) is 0.520. The molecule has 2 N–H and O–H groups in total. The highest BCUT2D eigenvalue weighted by atomic mass is 32.2. The maximum Gasteiger partial charge on any atom is 0.294 e. The van der Waals surface area contributed by atoms with Gasteiger partial charge in [-0.3, -0.25) is 10.1 Å². The third-order valence-electron chi connectivity index (χ3n) is 2.31. The Bertz CT molecular complexity index is 582. The van der Waals surface area contributed by atoms with Crippen LogP contribution in [0.5, 0.6) is 0 Å². The molecule has 18 heavy (non-hydrogen) atoms. The van der Waals surface area contributed by atoms with Gasteiger partial charge < -0.3 is 5.73 Å². The number of benzene rings is 1. The fraction of sp³-hybridized carbons (Fsp3) is 0.182. The summed E-state index contributed by atoms with van der Waals surface area (Å²) in [6.07, 6.45) is 0. The number of anilines is 1. The topological polar surface area (TPSA) is 87.0 Å². The fourth-order valence-corrected chi connectivity index (χ4v) is 2.22. The van der Waals surface area contributed by atoms with Crippen molar-refractivity contribution in [1.82, 2.24) is 9.78 Å². The normalized spacial score (nSPS) is 10.5. The Labute approximate surface area is 108 Å². The van der Waals surface area contributed by atoms with E-state index in [0.29, 0.717) is 11.5 Å². The van der Waals surface area contributed by atoms with Gasteiger partial charge in [-0.05, 0) is 11.8 Å². The number of rotatable bonds is 4. The number of nitrogens with zero attached hydrogens (tertiary/aromatic N) is 3. The van der Waals surface area contributed by atoms with Gasteiger partial charge in [0.2, 0.25) is 0 Å². The van der Waals surface area contributed by atoms with Crippen molar-refractivity contribution in [2.45, 2.75) is 11.9 Å². The number of para-hydroxylation sites is 2. The molecule has 2 aromatic rings. The summed E-state index contributed by atoms with van der Waals surface area (Å²) in [5, 5.41) is 16.0. The molecular formula is C11H12N4O2S. The highest BCUT2D eigenvalue weighted by Crippen LogP contribution is 2.27. The molecule has 0 aliphatic rings. The van der Waals surface area contributed by atoms with Gasteiger partial charge in [-0.15, -0.1) is 11.8 Å². The third-order valence-corrected chi connectivity index (χ3v) is 3.10. The summed E-state index contributed by atoms with van der Waals surface area (Å²) in [6.45, 7) is 2.00. The first-order valence-electron chi connectivity index (χ1n) is 5.35. The Kier molecular flexibility index (Phi) is 3.52. The molecule has 0 radical (unpaired) electrons. The molecule has 1 aromatic carbocycles. The summed E-state index contributed by atoms with van der Waals surface area (Å²) >= 11 is 1.54. The molecule has 0 fully saturated rings. The first kappa shape index (κ1) is 12.4. The van der Waals surface area contributed by atoms with Crippen LogP contribution in [0.4, 0.5) is 11.5 Å². The minimum Gasteiger partial charge on any atom is -0.384 e. The van der Waals surface area contributed by atoms with Crippen molar-refractivity contribution in [2.24, 2.45) is 0 Å². The molecule has 0 aliphatic carbocycles. The molecule has 1 aromatic heterocycles. The van der Waals surface area contributed by atoms with Gasteiger partial charge in [-0.1, -0.05) is 19.1 Å². The summed E-state index contributed by atoms with van der Waals surface area (Å²) in [6, 6.07) is 8.11. The maximum absolute atomic E-state index is 11.0. The SMILES string of the molecule is CCSc1cc(N)n(-c2ccccc2[N+](=O)[O-])n1. The lowest BCUT2D eigenvalue weighted by Crippen LogP contribution is -2.04. The third kappa shape index (κ3) is 2.30. The van der Waals surface area contributed by atoms with E-state index in [9.17, 15) is 10.1 Å². The number of aromatic nitrogens is 2. The van der Waals surface area contributed by atoms with Gasteiger partial charge in [0.15, 0.2) is 0 Å². The van der Waals surface area contributed by atoms with E-state index in [1.54, 1.807) is 24.3 Å². The average molecular weight is 264 g/mol. The predicted octanol–water partition coefficient (Wildman–Crippen LogP) is 2.47. The maximum atomic E-state index is 11.0. The number of nitro benzene ring substituents is 1. The molecular weight excluding hydrogens is 252 g/mol. The van der Waals surface area contributed by atoms with Crippen LogP contribution in [0.25, 0.3) is 5.69 Å². The number of nitrogen functional groups attached to an aromatic ring is 1. The summed E-state index contributed by atoms with van der Waals surface area (Å²) in [5.41, 5.74) is 6.20. The zero-order valence-electron chi connectivity index (χ0n) is 9.74. The molecule has 7 heteroatoms. The minimum absolute atomic E-state index is 0.0136. The molecule has 94 valence electrons. The molecule has 0 saturated heterocycles. The Balaban J connectivity index is 2.51. The van der Waals surface area contributed by atoms with E-state index in [4.69, 9.17) is 5.73 Å². The molecule has 0 atom stereocenters. The molecule has 0 bridgehead atoms. The van der Waals surface area contributed by atoms with Gasteiger partial charge in [0.05, 0.1) is 4.92 Å². The second-order valence-electron chi connectivity index (χ2n) is 3.50. The molecule has 2 rings (SSSR count). The highest BCUT2D eigenvalue weighted by Gasteiger charge is 2.17. The Morgan fingerprint density at radius 2 is 2.22 bits per heavy atom. The van der Waals surface area contributed by atoms with Gasteiger partial charge in [0.25, 0.3) is 5.69 Å². The lowest BCUT2D eigenvalue weighted by Gasteiger charge is -2.04. The van der Waals surface area contributed by atoms with Gasteiger partial charge in [0.1, 0.15) is 16.5 Å². The van der Waals surface area contributed by atoms with E-state index >= 15 is 0 Å². The van der Waals surface area contributed by atoms with Crippen LogP contribution in [-0.4, -0.2) is 20.5 Å². The molecule has 6 nitrogen and oxygen atoms in total. The van der Waals surface area contributed by atoms with Crippen LogP contribution < -0.4 is 5.73 Å². The van der Waals surface area contributed by atoms with Crippen LogP contribution >= 0.6 is 11.8 Å². The lowest BCUT2D eigenvalue weighted by atomic mass is 10.3. The van der Waals surface area contributed by atoms with Crippen LogP contribution in [-0.2, 0) is 0 Å². The van der Waals surface area contributed by atoms with E-state index in [2.05, 4.69) is 5.10 Å². The Hall–Kier alpha value is -2.02. The van der Waals surface area contributed by atoms with Crippen molar-refractivity contribution in [3.63, 3.8) is 0 Å². The van der Waals surface area contributed by atoms with Crippen LogP contribution in [0.3, 0.4) is 0 Å². The minimum atomic E-state index is -0.441. The largest absolute Gasteiger partial charge is 0.384 e. The average Bonchev–Trinajstić information content (AvgIpc) is 2.70. The van der Waals surface area contributed by atoms with Crippen LogP contribution in [0.15, 0.2) is 35.4 Å². The second-order valence-corrected chi connectivity index (χ2v) is 4.78. The zero-order valence-corrected chi connectivity index (χ0v) is 10.6. The molecule has 0 unspecified atom stereocenters. The number of hydrogen-bond acceptors (Lipinski definition) is 5. The number of nitrogens with two attached hydrogens (primary N) is 1. The molecule has 0 saturated carbocycles. The molecule has 0 aliphatic heterocycles. The number of hydrogen-bond donors (Lipinski definition) is 1. The van der Waals surface area contributed by atoms with Gasteiger partial charge >= 0.3 is 0 Å². The second kappa shape index (κ2) is 5.09. The molecule has 0 amide bonds. The summed E-state index contributed by atoms with van der Waals surface area (Å²) in [5.74, 6) is 1.26. The van der Waals surface area contributed by atoms with E-state index in [-0.39, 0.29) is 5.69 Å². The molecule has 0 spiro atoms. The zero-order chi connectivity index (χ0) is 13.1. The monoisotopic (exact) mass is 264 g/mol. The van der Waals surface area contributed by atoms with Crippen LogP contribution in [0, 0.1) is 10.1 Å². The lowest BCUT2D eigenvalue weighted by molar-refractivity contribution is -0.384. The Morgan fingerprint density at radius 1 is 1.50 bits per heavy atom. The van der Waals surface area contributed by atoms with Crippen LogP contribution in [0.1, 0.15) is 6.92 Å². The van der Waals surface area contributed by atoms with E-state index in [0.717, 1.165) is 10.8 Å². The van der Waals surface area contributed by atoms with Gasteiger partial charge in [-0.2, -0.15) is 5.10 Å². The highest BCUT2D eigenvalue weighted by molar-refractivity contribution is 7.99. The van der Waals surface area contributed by atoms with Crippen molar-refractivity contribution < 1.29 is 4.92 Å². The summed E-state index contributed by atoms with van der Waals surface area (Å²) in [4.78, 5) is 10.5. The fourth-order valence-electron chi connectivity index (χ4n) is 1.58.